The molecule has 7 heteroatoms. The SMILES string of the molecule is O=C(N[C@H](CO)c1ccccc1)c1ccc2c(-c3ccccc3Cl)nn(-c3ccc(F)cc3)c2c1. The van der Waals surface area contributed by atoms with Gasteiger partial charge in [0, 0.05) is 16.5 Å². The van der Waals surface area contributed by atoms with Gasteiger partial charge in [0.2, 0.25) is 0 Å². The molecule has 0 aliphatic heterocycles. The number of halogens is 2. The van der Waals surface area contributed by atoms with E-state index in [9.17, 15) is 14.3 Å². The van der Waals surface area contributed by atoms with E-state index in [0.717, 1.165) is 16.5 Å². The summed E-state index contributed by atoms with van der Waals surface area (Å²) in [5.41, 5.74) is 3.92. The first-order valence-electron chi connectivity index (χ1n) is 11.1. The Labute approximate surface area is 206 Å². The first kappa shape index (κ1) is 22.8. The molecular formula is C28H21ClFN3O2. The van der Waals surface area contributed by atoms with E-state index < -0.39 is 6.04 Å². The molecule has 5 aromatic rings. The smallest absolute Gasteiger partial charge is 0.251 e. The highest BCUT2D eigenvalue weighted by Crippen LogP contribution is 2.34. The molecular weight excluding hydrogens is 465 g/mol. The summed E-state index contributed by atoms with van der Waals surface area (Å²) in [6, 6.07) is 27.4. The Kier molecular flexibility index (Phi) is 6.31. The van der Waals surface area contributed by atoms with Crippen LogP contribution in [-0.2, 0) is 0 Å². The molecule has 0 aliphatic carbocycles. The quantitative estimate of drug-likeness (QED) is 0.312. The lowest BCUT2D eigenvalue weighted by Crippen LogP contribution is -2.30. The number of rotatable bonds is 6. The Balaban J connectivity index is 1.60. The summed E-state index contributed by atoms with van der Waals surface area (Å²) >= 11 is 6.46. The van der Waals surface area contributed by atoms with Crippen LogP contribution in [0.25, 0.3) is 27.8 Å². The van der Waals surface area contributed by atoms with E-state index >= 15 is 0 Å². The third-order valence-corrected chi connectivity index (χ3v) is 6.16. The van der Waals surface area contributed by atoms with Crippen LogP contribution in [0.5, 0.6) is 0 Å². The van der Waals surface area contributed by atoms with Gasteiger partial charge in [-0.15, -0.1) is 0 Å². The van der Waals surface area contributed by atoms with Crippen molar-refractivity contribution in [1.82, 2.24) is 15.1 Å². The van der Waals surface area contributed by atoms with Gasteiger partial charge < -0.3 is 10.4 Å². The zero-order chi connectivity index (χ0) is 24.4. The maximum atomic E-state index is 13.6. The molecule has 5 rings (SSSR count). The summed E-state index contributed by atoms with van der Waals surface area (Å²) in [5.74, 6) is -0.687. The second-order valence-corrected chi connectivity index (χ2v) is 8.48. The van der Waals surface area contributed by atoms with Crippen molar-refractivity contribution in [2.45, 2.75) is 6.04 Å². The Morgan fingerprint density at radius 3 is 2.40 bits per heavy atom. The molecule has 35 heavy (non-hydrogen) atoms. The van der Waals surface area contributed by atoms with E-state index in [-0.39, 0.29) is 18.3 Å². The molecule has 1 aromatic heterocycles. The van der Waals surface area contributed by atoms with E-state index in [1.807, 2.05) is 54.6 Å². The number of amides is 1. The number of nitrogens with one attached hydrogen (secondary N) is 1. The van der Waals surface area contributed by atoms with Gasteiger partial charge in [0.15, 0.2) is 0 Å². The van der Waals surface area contributed by atoms with Crippen LogP contribution in [0.15, 0.2) is 97.1 Å². The molecule has 0 bridgehead atoms. The summed E-state index contributed by atoms with van der Waals surface area (Å²) in [6.45, 7) is -0.234. The molecule has 0 saturated carbocycles. The average Bonchev–Trinajstić information content (AvgIpc) is 3.27. The maximum absolute atomic E-state index is 13.6. The molecule has 0 radical (unpaired) electrons. The topological polar surface area (TPSA) is 67.2 Å². The molecule has 0 fully saturated rings. The van der Waals surface area contributed by atoms with E-state index in [1.54, 1.807) is 35.0 Å². The van der Waals surface area contributed by atoms with E-state index in [0.29, 0.717) is 27.5 Å². The van der Waals surface area contributed by atoms with Gasteiger partial charge in [0.1, 0.15) is 11.5 Å². The van der Waals surface area contributed by atoms with Gasteiger partial charge in [-0.3, -0.25) is 4.79 Å². The third-order valence-electron chi connectivity index (χ3n) is 5.83. The summed E-state index contributed by atoms with van der Waals surface area (Å²) in [4.78, 5) is 13.1. The molecule has 174 valence electrons. The fourth-order valence-corrected chi connectivity index (χ4v) is 4.27. The zero-order valence-corrected chi connectivity index (χ0v) is 19.3. The number of carbonyl (C=O) groups excluding carboxylic acids is 1. The molecule has 0 saturated heterocycles. The van der Waals surface area contributed by atoms with Crippen LogP contribution >= 0.6 is 11.6 Å². The molecule has 2 N–H and O–H groups in total. The second-order valence-electron chi connectivity index (χ2n) is 8.07. The van der Waals surface area contributed by atoms with E-state index in [4.69, 9.17) is 16.7 Å². The van der Waals surface area contributed by atoms with Crippen molar-refractivity contribution >= 4 is 28.4 Å². The number of hydrogen-bond donors (Lipinski definition) is 2. The lowest BCUT2D eigenvalue weighted by Gasteiger charge is -2.17. The van der Waals surface area contributed by atoms with Crippen LogP contribution < -0.4 is 5.32 Å². The molecule has 1 heterocycles. The number of carbonyl (C=O) groups is 1. The molecule has 1 atom stereocenters. The van der Waals surface area contributed by atoms with Crippen LogP contribution in [0, 0.1) is 5.82 Å². The minimum Gasteiger partial charge on any atom is -0.394 e. The summed E-state index contributed by atoms with van der Waals surface area (Å²) < 4.78 is 15.3. The summed E-state index contributed by atoms with van der Waals surface area (Å²) in [6.07, 6.45) is 0. The van der Waals surface area contributed by atoms with Crippen molar-refractivity contribution in [1.29, 1.82) is 0 Å². The molecule has 1 amide bonds. The average molecular weight is 486 g/mol. The summed E-state index contributed by atoms with van der Waals surface area (Å²) in [5, 5.41) is 18.9. The minimum absolute atomic E-state index is 0.234. The van der Waals surface area contributed by atoms with Gasteiger partial charge in [-0.25, -0.2) is 9.07 Å². The van der Waals surface area contributed by atoms with E-state index in [1.165, 1.54) is 12.1 Å². The lowest BCUT2D eigenvalue weighted by molar-refractivity contribution is 0.0916. The predicted octanol–water partition coefficient (Wildman–Crippen LogP) is 5.95. The normalized spacial score (nSPS) is 12.0. The van der Waals surface area contributed by atoms with Crippen LogP contribution in [0.2, 0.25) is 5.02 Å². The lowest BCUT2D eigenvalue weighted by atomic mass is 10.0. The van der Waals surface area contributed by atoms with Crippen molar-refractivity contribution in [3.63, 3.8) is 0 Å². The number of aliphatic hydroxyl groups is 1. The van der Waals surface area contributed by atoms with Crippen molar-refractivity contribution < 1.29 is 14.3 Å². The highest BCUT2D eigenvalue weighted by molar-refractivity contribution is 6.33. The van der Waals surface area contributed by atoms with Crippen molar-refractivity contribution in [2.24, 2.45) is 0 Å². The molecule has 0 unspecified atom stereocenters. The first-order valence-corrected chi connectivity index (χ1v) is 11.4. The van der Waals surface area contributed by atoms with E-state index in [2.05, 4.69) is 5.32 Å². The van der Waals surface area contributed by atoms with Gasteiger partial charge in [0.25, 0.3) is 5.91 Å². The van der Waals surface area contributed by atoms with Crippen LogP contribution in [0.3, 0.4) is 0 Å². The first-order chi connectivity index (χ1) is 17.0. The minimum atomic E-state index is -0.542. The highest BCUT2D eigenvalue weighted by Gasteiger charge is 2.19. The van der Waals surface area contributed by atoms with Crippen LogP contribution in [-0.4, -0.2) is 27.4 Å². The largest absolute Gasteiger partial charge is 0.394 e. The fourth-order valence-electron chi connectivity index (χ4n) is 4.05. The number of aromatic nitrogens is 2. The van der Waals surface area contributed by atoms with Gasteiger partial charge in [-0.1, -0.05) is 60.1 Å². The van der Waals surface area contributed by atoms with Crippen LogP contribution in [0.1, 0.15) is 22.0 Å². The molecule has 4 aromatic carbocycles. The standard InChI is InChI=1S/C28H21ClFN3O2/c29-24-9-5-4-8-22(24)27-23-15-10-19(28(35)31-25(17-34)18-6-2-1-3-7-18)16-26(23)33(32-27)21-13-11-20(30)12-14-21/h1-16,25,34H,17H2,(H,31,35)/t25-/m1/s1. The number of nitrogens with zero attached hydrogens (tertiary/aromatic N) is 2. The maximum Gasteiger partial charge on any atom is 0.251 e. The highest BCUT2D eigenvalue weighted by atomic mass is 35.5. The zero-order valence-electron chi connectivity index (χ0n) is 18.5. The number of aliphatic hydroxyl groups excluding tert-OH is 1. The predicted molar refractivity (Wildman–Crippen MR) is 135 cm³/mol. The number of benzene rings is 4. The summed E-state index contributed by atoms with van der Waals surface area (Å²) in [7, 11) is 0. The monoisotopic (exact) mass is 485 g/mol. The number of fused-ring (bicyclic) bond motifs is 1. The second kappa shape index (κ2) is 9.70. The third kappa shape index (κ3) is 4.54. The van der Waals surface area contributed by atoms with Gasteiger partial charge >= 0.3 is 0 Å². The molecule has 0 spiro atoms. The van der Waals surface area contributed by atoms with Crippen molar-refractivity contribution in [2.75, 3.05) is 6.61 Å². The Hall–Kier alpha value is -4.00. The van der Waals surface area contributed by atoms with Crippen molar-refractivity contribution in [3.05, 3.63) is 119 Å². The Bertz CT molecular complexity index is 1500. The Morgan fingerprint density at radius 1 is 0.971 bits per heavy atom. The van der Waals surface area contributed by atoms with Crippen molar-refractivity contribution in [3.8, 4) is 16.9 Å². The fraction of sp³-hybridized carbons (Fsp3) is 0.0714. The van der Waals surface area contributed by atoms with Gasteiger partial charge in [0.05, 0.1) is 28.9 Å². The molecule has 0 aliphatic rings. The van der Waals surface area contributed by atoms with Crippen LogP contribution in [0.4, 0.5) is 4.39 Å². The van der Waals surface area contributed by atoms with Gasteiger partial charge in [-0.05, 0) is 54.1 Å². The number of hydrogen-bond acceptors (Lipinski definition) is 3. The molecule has 5 nitrogen and oxygen atoms in total. The Morgan fingerprint density at radius 2 is 1.69 bits per heavy atom. The van der Waals surface area contributed by atoms with Gasteiger partial charge in [-0.2, -0.15) is 5.10 Å².